The highest BCUT2D eigenvalue weighted by Gasteiger charge is 2.22. The van der Waals surface area contributed by atoms with Crippen LogP contribution in [0.4, 0.5) is 0 Å². The third-order valence-electron chi connectivity index (χ3n) is 3.65. The van der Waals surface area contributed by atoms with Crippen LogP contribution in [0.1, 0.15) is 39.2 Å². The number of aryl methyl sites for hydroxylation is 3. The van der Waals surface area contributed by atoms with Crippen LogP contribution in [0, 0.1) is 6.92 Å². The molecule has 3 rings (SSSR count). The van der Waals surface area contributed by atoms with Gasteiger partial charge >= 0.3 is 0 Å². The van der Waals surface area contributed by atoms with Crippen molar-refractivity contribution in [2.75, 3.05) is 7.05 Å². The van der Waals surface area contributed by atoms with Gasteiger partial charge in [0.15, 0.2) is 0 Å². The highest BCUT2D eigenvalue weighted by molar-refractivity contribution is 7.11. The SMILES string of the molecule is CNC(c1nc2c(s1)CCC2)c1ccccc1C. The molecule has 0 saturated heterocycles. The number of fused-ring (bicyclic) bond motifs is 1. The number of nitrogens with one attached hydrogen (secondary N) is 1. The number of thiazole rings is 1. The molecule has 0 aliphatic heterocycles. The number of nitrogens with zero attached hydrogens (tertiary/aromatic N) is 1. The van der Waals surface area contributed by atoms with Crippen molar-refractivity contribution in [1.29, 1.82) is 0 Å². The molecule has 1 atom stereocenters. The average molecular weight is 258 g/mol. The van der Waals surface area contributed by atoms with E-state index in [4.69, 9.17) is 4.98 Å². The summed E-state index contributed by atoms with van der Waals surface area (Å²) in [5.74, 6) is 0. The van der Waals surface area contributed by atoms with E-state index in [1.54, 1.807) is 0 Å². The summed E-state index contributed by atoms with van der Waals surface area (Å²) in [6, 6.07) is 8.80. The summed E-state index contributed by atoms with van der Waals surface area (Å²) in [5.41, 5.74) is 4.00. The van der Waals surface area contributed by atoms with Gasteiger partial charge in [0.05, 0.1) is 11.7 Å². The quantitative estimate of drug-likeness (QED) is 0.914. The molecule has 1 heterocycles. The first-order valence-corrected chi connectivity index (χ1v) is 7.32. The molecule has 0 radical (unpaired) electrons. The smallest absolute Gasteiger partial charge is 0.115 e. The largest absolute Gasteiger partial charge is 0.307 e. The first-order chi connectivity index (χ1) is 8.79. The standard InChI is InChI=1S/C15H18N2S/c1-10-6-3-4-7-11(10)14(16-2)15-17-12-8-5-9-13(12)18-15/h3-4,6-7,14,16H,5,8-9H2,1-2H3. The lowest BCUT2D eigenvalue weighted by atomic mass is 10.0. The monoisotopic (exact) mass is 258 g/mol. The van der Waals surface area contributed by atoms with E-state index in [1.165, 1.54) is 39.5 Å². The summed E-state index contributed by atoms with van der Waals surface area (Å²) in [5, 5.41) is 4.63. The van der Waals surface area contributed by atoms with Gasteiger partial charge in [0.25, 0.3) is 0 Å². The van der Waals surface area contributed by atoms with Crippen molar-refractivity contribution < 1.29 is 0 Å². The first kappa shape index (κ1) is 11.9. The molecule has 0 amide bonds. The first-order valence-electron chi connectivity index (χ1n) is 6.51. The van der Waals surface area contributed by atoms with Crippen LogP contribution in [-0.2, 0) is 12.8 Å². The Bertz CT molecular complexity index is 538. The fourth-order valence-electron chi connectivity index (χ4n) is 2.66. The van der Waals surface area contributed by atoms with Gasteiger partial charge in [-0.25, -0.2) is 4.98 Å². The molecule has 2 aromatic rings. The summed E-state index contributed by atoms with van der Waals surface area (Å²) < 4.78 is 0. The average Bonchev–Trinajstić information content (AvgIpc) is 2.93. The Morgan fingerprint density at radius 2 is 2.11 bits per heavy atom. The molecule has 18 heavy (non-hydrogen) atoms. The van der Waals surface area contributed by atoms with E-state index in [-0.39, 0.29) is 6.04 Å². The van der Waals surface area contributed by atoms with E-state index in [1.807, 2.05) is 18.4 Å². The molecule has 1 aromatic heterocycles. The van der Waals surface area contributed by atoms with Gasteiger partial charge in [0, 0.05) is 4.88 Å². The Labute approximate surface area is 112 Å². The van der Waals surface area contributed by atoms with Crippen LogP contribution in [0.2, 0.25) is 0 Å². The number of benzene rings is 1. The Morgan fingerprint density at radius 1 is 1.28 bits per heavy atom. The highest BCUT2D eigenvalue weighted by atomic mass is 32.1. The van der Waals surface area contributed by atoms with Crippen molar-refractivity contribution in [2.45, 2.75) is 32.2 Å². The van der Waals surface area contributed by atoms with Crippen molar-refractivity contribution in [3.8, 4) is 0 Å². The maximum absolute atomic E-state index is 4.84. The highest BCUT2D eigenvalue weighted by Crippen LogP contribution is 2.33. The summed E-state index contributed by atoms with van der Waals surface area (Å²) in [4.78, 5) is 6.33. The van der Waals surface area contributed by atoms with E-state index < -0.39 is 0 Å². The van der Waals surface area contributed by atoms with Crippen LogP contribution in [0.3, 0.4) is 0 Å². The minimum atomic E-state index is 0.238. The fraction of sp³-hybridized carbons (Fsp3) is 0.400. The summed E-state index contributed by atoms with van der Waals surface area (Å²) in [6.07, 6.45) is 3.66. The fourth-order valence-corrected chi connectivity index (χ4v) is 3.94. The maximum Gasteiger partial charge on any atom is 0.115 e. The van der Waals surface area contributed by atoms with Gasteiger partial charge in [-0.1, -0.05) is 24.3 Å². The molecular formula is C15H18N2S. The zero-order chi connectivity index (χ0) is 12.5. The van der Waals surface area contributed by atoms with Crippen molar-refractivity contribution in [3.05, 3.63) is 51.0 Å². The van der Waals surface area contributed by atoms with E-state index in [0.29, 0.717) is 0 Å². The van der Waals surface area contributed by atoms with Crippen molar-refractivity contribution >= 4 is 11.3 Å². The molecule has 3 heteroatoms. The molecule has 0 fully saturated rings. The lowest BCUT2D eigenvalue weighted by molar-refractivity contribution is 0.679. The van der Waals surface area contributed by atoms with Gasteiger partial charge in [-0.05, 0) is 44.4 Å². The molecule has 2 nitrogen and oxygen atoms in total. The van der Waals surface area contributed by atoms with Crippen LogP contribution in [-0.4, -0.2) is 12.0 Å². The molecule has 1 N–H and O–H groups in total. The Morgan fingerprint density at radius 3 is 2.83 bits per heavy atom. The number of rotatable bonds is 3. The number of hydrogen-bond donors (Lipinski definition) is 1. The van der Waals surface area contributed by atoms with Gasteiger partial charge in [0.1, 0.15) is 5.01 Å². The Hall–Kier alpha value is -1.19. The molecule has 1 aliphatic rings. The predicted octanol–water partition coefficient (Wildman–Crippen LogP) is 3.25. The summed E-state index contributed by atoms with van der Waals surface area (Å²) in [7, 11) is 2.02. The lowest BCUT2D eigenvalue weighted by Gasteiger charge is -2.16. The number of aromatic nitrogens is 1. The molecule has 0 saturated carbocycles. The molecule has 1 unspecified atom stereocenters. The topological polar surface area (TPSA) is 24.9 Å². The van der Waals surface area contributed by atoms with E-state index in [0.717, 1.165) is 6.42 Å². The van der Waals surface area contributed by atoms with Gasteiger partial charge in [0.2, 0.25) is 0 Å². The van der Waals surface area contributed by atoms with Gasteiger partial charge in [-0.2, -0.15) is 0 Å². The molecule has 1 aliphatic carbocycles. The second-order valence-electron chi connectivity index (χ2n) is 4.85. The van der Waals surface area contributed by atoms with Gasteiger partial charge in [-0.15, -0.1) is 11.3 Å². The minimum Gasteiger partial charge on any atom is -0.307 e. The second-order valence-corrected chi connectivity index (χ2v) is 5.97. The third kappa shape index (κ3) is 1.98. The third-order valence-corrected chi connectivity index (χ3v) is 4.87. The van der Waals surface area contributed by atoms with E-state index in [9.17, 15) is 0 Å². The Balaban J connectivity index is 1.99. The van der Waals surface area contributed by atoms with Crippen LogP contribution < -0.4 is 5.32 Å². The lowest BCUT2D eigenvalue weighted by Crippen LogP contribution is -2.18. The van der Waals surface area contributed by atoms with Crippen LogP contribution in [0.25, 0.3) is 0 Å². The molecule has 0 spiro atoms. The van der Waals surface area contributed by atoms with E-state index in [2.05, 4.69) is 36.5 Å². The normalized spacial score (nSPS) is 15.7. The Kier molecular flexibility index (Phi) is 3.18. The van der Waals surface area contributed by atoms with Gasteiger partial charge < -0.3 is 5.32 Å². The van der Waals surface area contributed by atoms with Crippen LogP contribution >= 0.6 is 11.3 Å². The zero-order valence-corrected chi connectivity index (χ0v) is 11.7. The zero-order valence-electron chi connectivity index (χ0n) is 10.9. The molecule has 0 bridgehead atoms. The number of hydrogen-bond acceptors (Lipinski definition) is 3. The minimum absolute atomic E-state index is 0.238. The van der Waals surface area contributed by atoms with Gasteiger partial charge in [-0.3, -0.25) is 0 Å². The van der Waals surface area contributed by atoms with Crippen molar-refractivity contribution in [1.82, 2.24) is 10.3 Å². The second kappa shape index (κ2) is 4.82. The summed E-state index contributed by atoms with van der Waals surface area (Å²) in [6.45, 7) is 2.17. The molecule has 94 valence electrons. The maximum atomic E-state index is 4.84. The predicted molar refractivity (Wildman–Crippen MR) is 76.2 cm³/mol. The van der Waals surface area contributed by atoms with Crippen molar-refractivity contribution in [3.63, 3.8) is 0 Å². The molecular weight excluding hydrogens is 240 g/mol. The molecule has 1 aromatic carbocycles. The summed E-state index contributed by atoms with van der Waals surface area (Å²) >= 11 is 1.88. The van der Waals surface area contributed by atoms with Crippen LogP contribution in [0.5, 0.6) is 0 Å². The van der Waals surface area contributed by atoms with E-state index >= 15 is 0 Å². The van der Waals surface area contributed by atoms with Crippen molar-refractivity contribution in [2.24, 2.45) is 0 Å². The van der Waals surface area contributed by atoms with Crippen LogP contribution in [0.15, 0.2) is 24.3 Å².